The molecule has 9 heteroatoms. The third-order valence-corrected chi connectivity index (χ3v) is 9.93. The normalized spacial score (nSPS) is 14.7. The first-order valence-corrected chi connectivity index (χ1v) is 16.3. The molecule has 0 radical (unpaired) electrons. The van der Waals surface area contributed by atoms with Gasteiger partial charge >= 0.3 is 0 Å². The van der Waals surface area contributed by atoms with Gasteiger partial charge in [-0.3, -0.25) is 13.9 Å². The fourth-order valence-electron chi connectivity index (χ4n) is 5.28. The number of carbonyl (C=O) groups is 2. The maximum absolute atomic E-state index is 14.2. The van der Waals surface area contributed by atoms with Crippen LogP contribution in [0.4, 0.5) is 5.69 Å². The molecule has 0 heterocycles. The summed E-state index contributed by atoms with van der Waals surface area (Å²) in [7, 11) is -4.12. The Balaban J connectivity index is 1.70. The van der Waals surface area contributed by atoms with E-state index < -0.39 is 28.5 Å². The van der Waals surface area contributed by atoms with Gasteiger partial charge < -0.3 is 10.2 Å². The third kappa shape index (κ3) is 7.72. The molecular weight excluding hydrogens is 570 g/mol. The average molecular weight is 610 g/mol. The highest BCUT2D eigenvalue weighted by Crippen LogP contribution is 2.29. The second kappa shape index (κ2) is 13.7. The molecule has 0 aliphatic heterocycles. The van der Waals surface area contributed by atoms with Gasteiger partial charge in [-0.05, 0) is 87.6 Å². The van der Waals surface area contributed by atoms with Gasteiger partial charge in [0.1, 0.15) is 12.6 Å². The van der Waals surface area contributed by atoms with Crippen molar-refractivity contribution in [1.82, 2.24) is 10.2 Å². The standard InChI is InChI=1S/C33H40ClN3O4S/c1-23-11-18-30(19-12-23)42(40,41)37(31-20-24(2)10-13-25(31)3)22-32(38)36(21-27-14-16-28(34)17-15-27)26(4)33(39)35-29-8-6-5-7-9-29/h10-20,26,29H,5-9,21-22H2,1-4H3,(H,35,39)/t26-/m0/s1. The van der Waals surface area contributed by atoms with Crippen LogP contribution in [0.1, 0.15) is 61.3 Å². The van der Waals surface area contributed by atoms with Crippen LogP contribution in [-0.2, 0) is 26.2 Å². The van der Waals surface area contributed by atoms with E-state index in [-0.39, 0.29) is 23.4 Å². The highest BCUT2D eigenvalue weighted by atomic mass is 35.5. The quantitative estimate of drug-likeness (QED) is 0.291. The minimum atomic E-state index is -4.12. The largest absolute Gasteiger partial charge is 0.352 e. The van der Waals surface area contributed by atoms with Crippen LogP contribution in [0.5, 0.6) is 0 Å². The molecule has 42 heavy (non-hydrogen) atoms. The first-order valence-electron chi connectivity index (χ1n) is 14.5. The summed E-state index contributed by atoms with van der Waals surface area (Å²) in [6.45, 7) is 6.95. The fraction of sp³-hybridized carbons (Fsp3) is 0.394. The summed E-state index contributed by atoms with van der Waals surface area (Å²) >= 11 is 6.10. The van der Waals surface area contributed by atoms with Crippen LogP contribution in [0, 0.1) is 20.8 Å². The molecule has 0 saturated heterocycles. The molecule has 1 fully saturated rings. The molecule has 0 unspecified atom stereocenters. The van der Waals surface area contributed by atoms with Crippen LogP contribution in [0.15, 0.2) is 71.6 Å². The number of nitrogens with zero attached hydrogens (tertiary/aromatic N) is 2. The Morgan fingerprint density at radius 1 is 0.905 bits per heavy atom. The number of sulfonamides is 1. The van der Waals surface area contributed by atoms with Crippen LogP contribution in [0.3, 0.4) is 0 Å². The van der Waals surface area contributed by atoms with Gasteiger partial charge in [0.2, 0.25) is 11.8 Å². The van der Waals surface area contributed by atoms with Crippen molar-refractivity contribution in [2.45, 2.75) is 83.3 Å². The number of aryl methyl sites for hydroxylation is 3. The van der Waals surface area contributed by atoms with E-state index >= 15 is 0 Å². The number of amides is 2. The smallest absolute Gasteiger partial charge is 0.264 e. The summed E-state index contributed by atoms with van der Waals surface area (Å²) < 4.78 is 29.3. The Labute approximate surface area is 254 Å². The maximum atomic E-state index is 14.2. The molecule has 1 N–H and O–H groups in total. The van der Waals surface area contributed by atoms with Gasteiger partial charge in [0.15, 0.2) is 0 Å². The van der Waals surface area contributed by atoms with E-state index in [1.54, 1.807) is 61.5 Å². The minimum Gasteiger partial charge on any atom is -0.352 e. The van der Waals surface area contributed by atoms with E-state index in [0.717, 1.165) is 54.4 Å². The second-order valence-corrected chi connectivity index (χ2v) is 13.6. The van der Waals surface area contributed by atoms with E-state index in [0.29, 0.717) is 10.7 Å². The van der Waals surface area contributed by atoms with Crippen molar-refractivity contribution in [3.05, 3.63) is 94.0 Å². The molecule has 224 valence electrons. The van der Waals surface area contributed by atoms with Gasteiger partial charge in [0.25, 0.3) is 10.0 Å². The van der Waals surface area contributed by atoms with Crippen molar-refractivity contribution in [2.75, 3.05) is 10.8 Å². The second-order valence-electron chi connectivity index (χ2n) is 11.3. The van der Waals surface area contributed by atoms with E-state index in [2.05, 4.69) is 5.32 Å². The van der Waals surface area contributed by atoms with Crippen molar-refractivity contribution < 1.29 is 18.0 Å². The Bertz CT molecular complexity index is 1500. The van der Waals surface area contributed by atoms with E-state index in [4.69, 9.17) is 11.6 Å². The van der Waals surface area contributed by atoms with Gasteiger partial charge in [-0.2, -0.15) is 0 Å². The number of halogens is 1. The molecule has 0 spiro atoms. The zero-order valence-corrected chi connectivity index (χ0v) is 26.3. The lowest BCUT2D eigenvalue weighted by atomic mass is 9.95. The van der Waals surface area contributed by atoms with Crippen LogP contribution in [0.25, 0.3) is 0 Å². The lowest BCUT2D eigenvalue weighted by Gasteiger charge is -2.33. The molecule has 2 amide bonds. The highest BCUT2D eigenvalue weighted by molar-refractivity contribution is 7.92. The molecule has 1 atom stereocenters. The van der Waals surface area contributed by atoms with Crippen molar-refractivity contribution in [3.63, 3.8) is 0 Å². The molecule has 3 aromatic carbocycles. The summed E-state index contributed by atoms with van der Waals surface area (Å²) in [5.74, 6) is -0.725. The summed E-state index contributed by atoms with van der Waals surface area (Å²) in [4.78, 5) is 29.2. The average Bonchev–Trinajstić information content (AvgIpc) is 2.97. The van der Waals surface area contributed by atoms with Gasteiger partial charge in [-0.1, -0.05) is 72.8 Å². The molecule has 3 aromatic rings. The van der Waals surface area contributed by atoms with Crippen LogP contribution in [0.2, 0.25) is 5.02 Å². The third-order valence-electron chi connectivity index (χ3n) is 7.91. The summed E-state index contributed by atoms with van der Waals surface area (Å²) in [5, 5.41) is 3.69. The number of hydrogen-bond acceptors (Lipinski definition) is 4. The van der Waals surface area contributed by atoms with Gasteiger partial charge in [0.05, 0.1) is 10.6 Å². The monoisotopic (exact) mass is 609 g/mol. The molecule has 7 nitrogen and oxygen atoms in total. The maximum Gasteiger partial charge on any atom is 0.264 e. The number of anilines is 1. The summed E-state index contributed by atoms with van der Waals surface area (Å²) in [5.41, 5.74) is 3.72. The molecule has 1 saturated carbocycles. The number of benzene rings is 3. The lowest BCUT2D eigenvalue weighted by Crippen LogP contribution is -2.53. The van der Waals surface area contributed by atoms with E-state index in [1.165, 1.54) is 9.21 Å². The predicted molar refractivity (Wildman–Crippen MR) is 168 cm³/mol. The van der Waals surface area contributed by atoms with Crippen molar-refractivity contribution in [3.8, 4) is 0 Å². The molecule has 1 aliphatic carbocycles. The zero-order chi connectivity index (χ0) is 30.4. The van der Waals surface area contributed by atoms with Crippen molar-refractivity contribution in [2.24, 2.45) is 0 Å². The van der Waals surface area contributed by atoms with Gasteiger partial charge in [-0.15, -0.1) is 0 Å². The van der Waals surface area contributed by atoms with Gasteiger partial charge in [0, 0.05) is 17.6 Å². The highest BCUT2D eigenvalue weighted by Gasteiger charge is 2.33. The molecule has 4 rings (SSSR count). The number of rotatable bonds is 10. The van der Waals surface area contributed by atoms with Crippen molar-refractivity contribution in [1.29, 1.82) is 0 Å². The number of nitrogens with one attached hydrogen (secondary N) is 1. The first-order chi connectivity index (χ1) is 20.0. The zero-order valence-electron chi connectivity index (χ0n) is 24.8. The molecular formula is C33H40ClN3O4S. The number of hydrogen-bond donors (Lipinski definition) is 1. The molecule has 0 aromatic heterocycles. The first kappa shape index (κ1) is 31.6. The van der Waals surface area contributed by atoms with Crippen LogP contribution in [-0.4, -0.2) is 43.8 Å². The van der Waals surface area contributed by atoms with Gasteiger partial charge in [-0.25, -0.2) is 8.42 Å². The number of carbonyl (C=O) groups excluding carboxylic acids is 2. The topological polar surface area (TPSA) is 86.8 Å². The van der Waals surface area contributed by atoms with E-state index in [1.807, 2.05) is 32.9 Å². The van der Waals surface area contributed by atoms with Crippen LogP contribution < -0.4 is 9.62 Å². The summed E-state index contributed by atoms with van der Waals surface area (Å²) in [6.07, 6.45) is 5.12. The van der Waals surface area contributed by atoms with E-state index in [9.17, 15) is 18.0 Å². The Morgan fingerprint density at radius 2 is 1.52 bits per heavy atom. The Kier molecular flexibility index (Phi) is 10.3. The van der Waals surface area contributed by atoms with Crippen molar-refractivity contribution >= 4 is 39.1 Å². The SMILES string of the molecule is Cc1ccc(S(=O)(=O)N(CC(=O)N(Cc2ccc(Cl)cc2)[C@@H](C)C(=O)NC2CCCCC2)c2cc(C)ccc2C)cc1. The molecule has 0 bridgehead atoms. The van der Waals surface area contributed by atoms with Crippen LogP contribution >= 0.6 is 11.6 Å². The molecule has 1 aliphatic rings. The lowest BCUT2D eigenvalue weighted by molar-refractivity contribution is -0.139. The summed E-state index contributed by atoms with van der Waals surface area (Å²) in [6, 6.07) is 18.4. The minimum absolute atomic E-state index is 0.0783. The Morgan fingerprint density at radius 3 is 2.17 bits per heavy atom. The predicted octanol–water partition coefficient (Wildman–Crippen LogP) is 6.33. The fourth-order valence-corrected chi connectivity index (χ4v) is 6.87. The Hall–Kier alpha value is -3.36.